The molecule has 1 N–H and O–H groups in total. The molecule has 0 aliphatic heterocycles. The van der Waals surface area contributed by atoms with Crippen LogP contribution in [-0.4, -0.2) is 39.0 Å². The zero-order valence-corrected chi connectivity index (χ0v) is 16.1. The van der Waals surface area contributed by atoms with Gasteiger partial charge in [0.2, 0.25) is 0 Å². The van der Waals surface area contributed by atoms with Crippen molar-refractivity contribution in [3.63, 3.8) is 0 Å². The average molecular weight is 376 g/mol. The maximum atomic E-state index is 11.8. The molecule has 27 heavy (non-hydrogen) atoms. The highest BCUT2D eigenvalue weighted by molar-refractivity contribution is 5.68. The van der Waals surface area contributed by atoms with Gasteiger partial charge in [0, 0.05) is 24.9 Å². The molecule has 1 aromatic carbocycles. The third kappa shape index (κ3) is 6.28. The van der Waals surface area contributed by atoms with Gasteiger partial charge in [-0.15, -0.1) is 0 Å². The van der Waals surface area contributed by atoms with Gasteiger partial charge in [-0.05, 0) is 39.3 Å². The molecule has 1 heterocycles. The van der Waals surface area contributed by atoms with E-state index in [1.165, 1.54) is 12.1 Å². The van der Waals surface area contributed by atoms with Crippen molar-refractivity contribution in [2.24, 2.45) is 7.05 Å². The molecule has 2 rings (SSSR count). The summed E-state index contributed by atoms with van der Waals surface area (Å²) in [6, 6.07) is 4.16. The second kappa shape index (κ2) is 8.07. The Bertz CT molecular complexity index is 825. The molecule has 9 heteroatoms. The molecule has 146 valence electrons. The Morgan fingerprint density at radius 3 is 2.59 bits per heavy atom. The minimum atomic E-state index is -0.594. The molecule has 9 nitrogen and oxygen atoms in total. The molecule has 0 radical (unpaired) electrons. The van der Waals surface area contributed by atoms with E-state index in [2.05, 4.69) is 10.4 Å². The predicted molar refractivity (Wildman–Crippen MR) is 99.6 cm³/mol. The van der Waals surface area contributed by atoms with Gasteiger partial charge in [0.1, 0.15) is 18.0 Å². The van der Waals surface area contributed by atoms with Crippen LogP contribution in [0, 0.1) is 10.1 Å². The van der Waals surface area contributed by atoms with Crippen LogP contribution < -0.4 is 10.1 Å². The molecule has 1 aromatic heterocycles. The van der Waals surface area contributed by atoms with E-state index in [0.29, 0.717) is 11.3 Å². The Morgan fingerprint density at radius 1 is 1.33 bits per heavy atom. The van der Waals surface area contributed by atoms with Crippen LogP contribution in [0.2, 0.25) is 0 Å². The lowest BCUT2D eigenvalue weighted by Crippen LogP contribution is -2.40. The second-order valence-corrected chi connectivity index (χ2v) is 7.23. The van der Waals surface area contributed by atoms with Gasteiger partial charge in [-0.3, -0.25) is 14.8 Å². The van der Waals surface area contributed by atoms with Crippen LogP contribution in [-0.2, 0) is 11.8 Å². The first-order valence-corrected chi connectivity index (χ1v) is 8.44. The van der Waals surface area contributed by atoms with Gasteiger partial charge < -0.3 is 14.8 Å². The van der Waals surface area contributed by atoms with Gasteiger partial charge in [0.05, 0.1) is 23.2 Å². The zero-order valence-electron chi connectivity index (χ0n) is 16.1. The molecule has 0 spiro atoms. The van der Waals surface area contributed by atoms with Gasteiger partial charge in [0.15, 0.2) is 0 Å². The minimum Gasteiger partial charge on any atom is -0.491 e. The molecule has 0 saturated carbocycles. The predicted octanol–water partition coefficient (Wildman–Crippen LogP) is 3.29. The molecule has 0 saturated heterocycles. The van der Waals surface area contributed by atoms with E-state index >= 15 is 0 Å². The number of nitro groups is 1. The number of rotatable bonds is 6. The monoisotopic (exact) mass is 376 g/mol. The number of amides is 1. The summed E-state index contributed by atoms with van der Waals surface area (Å²) < 4.78 is 12.5. The fraction of sp³-hybridized carbons (Fsp3) is 0.444. The van der Waals surface area contributed by atoms with Crippen molar-refractivity contribution in [2.75, 3.05) is 6.61 Å². The highest BCUT2D eigenvalue weighted by Crippen LogP contribution is 2.29. The average Bonchev–Trinajstić information content (AvgIpc) is 2.97. The lowest BCUT2D eigenvalue weighted by molar-refractivity contribution is -0.384. The number of nitro benzene ring substituents is 1. The third-order valence-electron chi connectivity index (χ3n) is 3.40. The van der Waals surface area contributed by atoms with E-state index in [-0.39, 0.29) is 18.3 Å². The van der Waals surface area contributed by atoms with Crippen LogP contribution >= 0.6 is 0 Å². The number of hydrogen-bond donors (Lipinski definition) is 1. The van der Waals surface area contributed by atoms with Crippen molar-refractivity contribution in [1.29, 1.82) is 0 Å². The van der Waals surface area contributed by atoms with Crippen molar-refractivity contribution in [1.82, 2.24) is 15.1 Å². The second-order valence-electron chi connectivity index (χ2n) is 7.23. The summed E-state index contributed by atoms with van der Waals surface area (Å²) in [6.07, 6.45) is 2.83. The summed E-state index contributed by atoms with van der Waals surface area (Å²) in [6.45, 7) is 7.21. The number of carbonyl (C=O) groups is 1. The van der Waals surface area contributed by atoms with Crippen LogP contribution in [0.4, 0.5) is 10.5 Å². The van der Waals surface area contributed by atoms with E-state index < -0.39 is 16.6 Å². The SMILES string of the molecule is CC(COc1cc(-c2cnn(C)c2)cc([N+](=O)[O-])c1)NC(=O)OC(C)(C)C. The summed E-state index contributed by atoms with van der Waals surface area (Å²) in [5.41, 5.74) is 0.689. The highest BCUT2D eigenvalue weighted by atomic mass is 16.6. The van der Waals surface area contributed by atoms with Crippen molar-refractivity contribution >= 4 is 11.8 Å². The van der Waals surface area contributed by atoms with E-state index in [9.17, 15) is 14.9 Å². The number of alkyl carbamates (subject to hydrolysis) is 1. The molecule has 1 atom stereocenters. The van der Waals surface area contributed by atoms with E-state index in [1.807, 2.05) is 0 Å². The molecular weight excluding hydrogens is 352 g/mol. The molecule has 0 bridgehead atoms. The maximum Gasteiger partial charge on any atom is 0.407 e. The number of aromatic nitrogens is 2. The minimum absolute atomic E-state index is 0.0842. The van der Waals surface area contributed by atoms with Gasteiger partial charge in [0.25, 0.3) is 5.69 Å². The molecule has 2 aromatic rings. The summed E-state index contributed by atoms with van der Waals surface area (Å²) in [5, 5.41) is 18.0. The molecular formula is C18H24N4O5. The van der Waals surface area contributed by atoms with E-state index in [4.69, 9.17) is 9.47 Å². The summed E-state index contributed by atoms with van der Waals surface area (Å²) >= 11 is 0. The number of hydrogen-bond acceptors (Lipinski definition) is 6. The molecule has 0 aliphatic carbocycles. The van der Waals surface area contributed by atoms with Crippen molar-refractivity contribution in [3.05, 3.63) is 40.7 Å². The molecule has 0 fully saturated rings. The van der Waals surface area contributed by atoms with Crippen molar-refractivity contribution in [3.8, 4) is 16.9 Å². The zero-order chi connectivity index (χ0) is 20.2. The number of benzene rings is 1. The van der Waals surface area contributed by atoms with Crippen LogP contribution in [0.15, 0.2) is 30.6 Å². The highest BCUT2D eigenvalue weighted by Gasteiger charge is 2.18. The van der Waals surface area contributed by atoms with Gasteiger partial charge in [-0.1, -0.05) is 0 Å². The number of nitrogens with zero attached hydrogens (tertiary/aromatic N) is 3. The van der Waals surface area contributed by atoms with Crippen molar-refractivity contribution < 1.29 is 19.2 Å². The first-order chi connectivity index (χ1) is 12.5. The van der Waals surface area contributed by atoms with Gasteiger partial charge >= 0.3 is 6.09 Å². The fourth-order valence-corrected chi connectivity index (χ4v) is 2.28. The Kier molecular flexibility index (Phi) is 6.04. The quantitative estimate of drug-likeness (QED) is 0.612. The third-order valence-corrected chi connectivity index (χ3v) is 3.40. The van der Waals surface area contributed by atoms with Gasteiger partial charge in [-0.25, -0.2) is 4.79 Å². The number of nitrogens with one attached hydrogen (secondary N) is 1. The topological polar surface area (TPSA) is 109 Å². The number of aryl methyl sites for hydroxylation is 1. The van der Waals surface area contributed by atoms with E-state index in [0.717, 1.165) is 5.56 Å². The maximum absolute atomic E-state index is 11.8. The standard InChI is InChI=1S/C18H24N4O5/c1-12(20-17(23)27-18(2,3)4)11-26-16-7-13(6-15(8-16)22(24)25)14-9-19-21(5)10-14/h6-10,12H,11H2,1-5H3,(H,20,23). The van der Waals surface area contributed by atoms with Crippen LogP contribution in [0.3, 0.4) is 0 Å². The van der Waals surface area contributed by atoms with Crippen LogP contribution in [0.1, 0.15) is 27.7 Å². The van der Waals surface area contributed by atoms with Crippen LogP contribution in [0.25, 0.3) is 11.1 Å². The van der Waals surface area contributed by atoms with E-state index in [1.54, 1.807) is 57.9 Å². The summed E-state index contributed by atoms with van der Waals surface area (Å²) in [7, 11) is 1.77. The lowest BCUT2D eigenvalue weighted by atomic mass is 10.1. The molecule has 1 amide bonds. The first kappa shape index (κ1) is 20.2. The molecule has 1 unspecified atom stereocenters. The lowest BCUT2D eigenvalue weighted by Gasteiger charge is -2.22. The van der Waals surface area contributed by atoms with Crippen LogP contribution in [0.5, 0.6) is 5.75 Å². The normalized spacial score (nSPS) is 12.3. The Labute approximate surface area is 157 Å². The van der Waals surface area contributed by atoms with Gasteiger partial charge in [-0.2, -0.15) is 5.10 Å². The fourth-order valence-electron chi connectivity index (χ4n) is 2.28. The Balaban J connectivity index is 2.08. The molecule has 0 aliphatic rings. The number of ether oxygens (including phenoxy) is 2. The number of carbonyl (C=O) groups excluding carboxylic acids is 1. The summed E-state index contributed by atoms with van der Waals surface area (Å²) in [5.74, 6) is 0.334. The first-order valence-electron chi connectivity index (χ1n) is 8.44. The Morgan fingerprint density at radius 2 is 2.04 bits per heavy atom. The number of non-ortho nitro benzene ring substituents is 1. The Hall–Kier alpha value is -3.10. The smallest absolute Gasteiger partial charge is 0.407 e. The summed E-state index contributed by atoms with van der Waals surface area (Å²) in [4.78, 5) is 22.5. The van der Waals surface area contributed by atoms with Crippen molar-refractivity contribution in [2.45, 2.75) is 39.3 Å². The largest absolute Gasteiger partial charge is 0.491 e.